The third kappa shape index (κ3) is 5.66. The third-order valence-corrected chi connectivity index (χ3v) is 6.95. The fraction of sp³-hybridized carbons (Fsp3) is 0.417. The van der Waals surface area contributed by atoms with Gasteiger partial charge in [0.15, 0.2) is 5.11 Å². The highest BCUT2D eigenvalue weighted by atomic mass is 32.1. The van der Waals surface area contributed by atoms with Crippen LogP contribution >= 0.6 is 23.6 Å². The predicted molar refractivity (Wildman–Crippen MR) is 132 cm³/mol. The molecule has 1 aliphatic rings. The summed E-state index contributed by atoms with van der Waals surface area (Å²) in [5, 5.41) is 7.32. The first-order valence-electron chi connectivity index (χ1n) is 11.0. The molecule has 7 heteroatoms. The molecule has 0 bridgehead atoms. The fourth-order valence-corrected chi connectivity index (χ4v) is 5.13. The molecule has 0 amide bonds. The van der Waals surface area contributed by atoms with Crippen LogP contribution in [-0.2, 0) is 13.1 Å². The topological polar surface area (TPSA) is 57.4 Å². The van der Waals surface area contributed by atoms with Gasteiger partial charge in [-0.25, -0.2) is 0 Å². The molecular formula is C24H29N3O2S2. The molecule has 1 saturated carbocycles. The van der Waals surface area contributed by atoms with Gasteiger partial charge in [-0.1, -0.05) is 25.3 Å². The van der Waals surface area contributed by atoms with E-state index in [1.807, 2.05) is 37.3 Å². The standard InChI is InChI=1S/C24H29N3O2S2/c1-2-29-20-10-11-22-17(14-20)13-18(23(28)26-22)15-27(16-21-9-6-12-31-21)24(30)25-19-7-4-3-5-8-19/h6,9-14,19H,2-5,7-8,15-16H2,1H3,(H,25,30)(H,26,28). The Morgan fingerprint density at radius 2 is 2.06 bits per heavy atom. The summed E-state index contributed by atoms with van der Waals surface area (Å²) in [5.74, 6) is 0.804. The molecule has 31 heavy (non-hydrogen) atoms. The zero-order valence-electron chi connectivity index (χ0n) is 17.9. The van der Waals surface area contributed by atoms with Crippen molar-refractivity contribution in [2.45, 2.75) is 58.2 Å². The largest absolute Gasteiger partial charge is 0.494 e. The maximum atomic E-state index is 12.8. The molecule has 2 heterocycles. The molecule has 5 nitrogen and oxygen atoms in total. The van der Waals surface area contributed by atoms with Crippen molar-refractivity contribution in [3.63, 3.8) is 0 Å². The predicted octanol–water partition coefficient (Wildman–Crippen LogP) is 5.20. The highest BCUT2D eigenvalue weighted by Gasteiger charge is 2.19. The molecule has 4 rings (SSSR count). The van der Waals surface area contributed by atoms with Crippen LogP contribution < -0.4 is 15.6 Å². The minimum Gasteiger partial charge on any atom is -0.494 e. The van der Waals surface area contributed by atoms with Crippen LogP contribution in [0.4, 0.5) is 0 Å². The lowest BCUT2D eigenvalue weighted by Crippen LogP contribution is -2.45. The lowest BCUT2D eigenvalue weighted by atomic mass is 9.96. The van der Waals surface area contributed by atoms with Gasteiger partial charge in [0, 0.05) is 27.4 Å². The molecular weight excluding hydrogens is 426 g/mol. The molecule has 2 N–H and O–H groups in total. The number of H-pyrrole nitrogens is 1. The van der Waals surface area contributed by atoms with Crippen LogP contribution in [0.25, 0.3) is 10.9 Å². The highest BCUT2D eigenvalue weighted by Crippen LogP contribution is 2.22. The van der Waals surface area contributed by atoms with Crippen molar-refractivity contribution in [1.29, 1.82) is 0 Å². The smallest absolute Gasteiger partial charge is 0.253 e. The molecule has 1 fully saturated rings. The minimum absolute atomic E-state index is 0.0756. The number of nitrogens with zero attached hydrogens (tertiary/aromatic N) is 1. The van der Waals surface area contributed by atoms with Crippen molar-refractivity contribution in [3.05, 3.63) is 62.6 Å². The number of hydrogen-bond acceptors (Lipinski definition) is 4. The van der Waals surface area contributed by atoms with Crippen molar-refractivity contribution in [1.82, 2.24) is 15.2 Å². The van der Waals surface area contributed by atoms with Gasteiger partial charge in [0.05, 0.1) is 19.7 Å². The number of thiocarbonyl (C=S) groups is 1. The molecule has 3 aromatic rings. The number of aromatic amines is 1. The van der Waals surface area contributed by atoms with Crippen molar-refractivity contribution >= 4 is 39.6 Å². The Morgan fingerprint density at radius 3 is 2.81 bits per heavy atom. The Morgan fingerprint density at radius 1 is 1.23 bits per heavy atom. The number of aromatic nitrogens is 1. The van der Waals surface area contributed by atoms with E-state index < -0.39 is 0 Å². The number of ether oxygens (including phenoxy) is 1. The third-order valence-electron chi connectivity index (χ3n) is 5.71. The maximum Gasteiger partial charge on any atom is 0.253 e. The summed E-state index contributed by atoms with van der Waals surface area (Å²) >= 11 is 7.52. The van der Waals surface area contributed by atoms with Gasteiger partial charge in [-0.2, -0.15) is 0 Å². The average molecular weight is 456 g/mol. The number of nitrogens with one attached hydrogen (secondary N) is 2. The Labute approximate surface area is 192 Å². The first kappa shape index (κ1) is 21.8. The summed E-state index contributed by atoms with van der Waals surface area (Å²) in [6, 6.07) is 12.3. The Kier molecular flexibility index (Phi) is 7.25. The van der Waals surface area contributed by atoms with E-state index in [2.05, 4.69) is 26.6 Å². The number of hydrogen-bond donors (Lipinski definition) is 2. The van der Waals surface area contributed by atoms with Gasteiger partial charge in [0.25, 0.3) is 5.56 Å². The second-order valence-corrected chi connectivity index (χ2v) is 9.44. The zero-order valence-corrected chi connectivity index (χ0v) is 19.5. The van der Waals surface area contributed by atoms with E-state index in [4.69, 9.17) is 17.0 Å². The number of pyridine rings is 1. The molecule has 1 aliphatic carbocycles. The molecule has 0 aliphatic heterocycles. The van der Waals surface area contributed by atoms with E-state index in [1.54, 1.807) is 11.3 Å². The van der Waals surface area contributed by atoms with Crippen LogP contribution in [0.5, 0.6) is 5.75 Å². The monoisotopic (exact) mass is 455 g/mol. The summed E-state index contributed by atoms with van der Waals surface area (Å²) < 4.78 is 5.63. The van der Waals surface area contributed by atoms with Crippen LogP contribution in [-0.4, -0.2) is 27.6 Å². The number of fused-ring (bicyclic) bond motifs is 1. The molecule has 0 unspecified atom stereocenters. The molecule has 164 valence electrons. The molecule has 1 aromatic carbocycles. The van der Waals surface area contributed by atoms with Gasteiger partial charge in [-0.05, 0) is 67.7 Å². The first-order chi connectivity index (χ1) is 15.1. The fourth-order valence-electron chi connectivity index (χ4n) is 4.11. The van der Waals surface area contributed by atoms with E-state index in [9.17, 15) is 4.79 Å². The summed E-state index contributed by atoms with van der Waals surface area (Å²) in [4.78, 5) is 19.2. The van der Waals surface area contributed by atoms with Crippen molar-refractivity contribution in [2.75, 3.05) is 6.61 Å². The lowest BCUT2D eigenvalue weighted by Gasteiger charge is -2.30. The summed E-state index contributed by atoms with van der Waals surface area (Å²) in [5.41, 5.74) is 1.43. The van der Waals surface area contributed by atoms with Gasteiger partial charge in [0.2, 0.25) is 0 Å². The van der Waals surface area contributed by atoms with Crippen LogP contribution in [0.3, 0.4) is 0 Å². The van der Waals surface area contributed by atoms with E-state index >= 15 is 0 Å². The maximum absolute atomic E-state index is 12.8. The molecule has 0 atom stereocenters. The number of rotatable bonds is 7. The van der Waals surface area contributed by atoms with Gasteiger partial charge < -0.3 is 19.9 Å². The van der Waals surface area contributed by atoms with Crippen molar-refractivity contribution in [2.24, 2.45) is 0 Å². The van der Waals surface area contributed by atoms with Crippen LogP contribution in [0, 0.1) is 0 Å². The van der Waals surface area contributed by atoms with E-state index in [1.165, 1.54) is 24.1 Å². The van der Waals surface area contributed by atoms with Gasteiger partial charge in [-0.3, -0.25) is 4.79 Å². The molecule has 0 saturated heterocycles. The minimum atomic E-state index is -0.0756. The van der Waals surface area contributed by atoms with Crippen molar-refractivity contribution < 1.29 is 4.74 Å². The van der Waals surface area contributed by atoms with Crippen molar-refractivity contribution in [3.8, 4) is 5.75 Å². The number of benzene rings is 1. The second-order valence-electron chi connectivity index (χ2n) is 8.03. The van der Waals surface area contributed by atoms with Gasteiger partial charge in [0.1, 0.15) is 5.75 Å². The van der Waals surface area contributed by atoms with Gasteiger partial charge >= 0.3 is 0 Å². The highest BCUT2D eigenvalue weighted by molar-refractivity contribution is 7.80. The Balaban J connectivity index is 1.58. The normalized spacial score (nSPS) is 14.5. The summed E-state index contributed by atoms with van der Waals surface area (Å²) in [7, 11) is 0. The SMILES string of the molecule is CCOc1ccc2[nH]c(=O)c(CN(Cc3cccs3)C(=S)NC3CCCCC3)cc2c1. The Bertz CT molecular complexity index is 1070. The average Bonchev–Trinajstić information content (AvgIpc) is 3.28. The van der Waals surface area contributed by atoms with Crippen LogP contribution in [0.15, 0.2) is 46.6 Å². The molecule has 0 spiro atoms. The molecule has 2 aromatic heterocycles. The van der Waals surface area contributed by atoms with Crippen LogP contribution in [0.1, 0.15) is 49.5 Å². The van der Waals surface area contributed by atoms with Crippen LogP contribution in [0.2, 0.25) is 0 Å². The Hall–Kier alpha value is -2.38. The quantitative estimate of drug-likeness (QED) is 0.480. The van der Waals surface area contributed by atoms with Gasteiger partial charge in [-0.15, -0.1) is 11.3 Å². The van der Waals surface area contributed by atoms with E-state index in [0.717, 1.165) is 34.6 Å². The number of thiophene rings is 1. The lowest BCUT2D eigenvalue weighted by molar-refractivity contribution is 0.340. The zero-order chi connectivity index (χ0) is 21.6. The van der Waals surface area contributed by atoms with E-state index in [0.29, 0.717) is 31.3 Å². The summed E-state index contributed by atoms with van der Waals surface area (Å²) in [6.45, 7) is 3.72. The summed E-state index contributed by atoms with van der Waals surface area (Å²) in [6.07, 6.45) is 6.11. The second kappa shape index (κ2) is 10.3. The first-order valence-corrected chi connectivity index (χ1v) is 12.3. The molecule has 0 radical (unpaired) electrons. The van der Waals surface area contributed by atoms with E-state index in [-0.39, 0.29) is 5.56 Å².